The van der Waals surface area contributed by atoms with Crippen molar-refractivity contribution in [1.82, 2.24) is 19.7 Å². The molecule has 4 aromatic rings. The number of benzene rings is 2. The molecule has 4 saturated carbocycles. The van der Waals surface area contributed by atoms with E-state index in [2.05, 4.69) is 41.3 Å². The van der Waals surface area contributed by atoms with Crippen molar-refractivity contribution in [2.24, 2.45) is 23.2 Å². The van der Waals surface area contributed by atoms with Gasteiger partial charge in [-0.05, 0) is 98.1 Å². The Morgan fingerprint density at radius 3 is 2.21 bits per heavy atom. The number of hydrogen-bond acceptors (Lipinski definition) is 5. The third-order valence-corrected chi connectivity index (χ3v) is 10.2. The summed E-state index contributed by atoms with van der Waals surface area (Å²) in [7, 11) is 0. The molecule has 0 amide bonds. The third-order valence-electron chi connectivity index (χ3n) is 10.2. The van der Waals surface area contributed by atoms with E-state index in [0.717, 1.165) is 82.9 Å². The third kappa shape index (κ3) is 6.23. The van der Waals surface area contributed by atoms with Gasteiger partial charge in [-0.1, -0.05) is 67.0 Å². The number of hydrogen-bond donors (Lipinski definition) is 1. The molecule has 4 bridgehead atoms. The maximum absolute atomic E-state index is 14.3. The number of aromatic amines is 1. The summed E-state index contributed by atoms with van der Waals surface area (Å²) in [5, 5.41) is 3.88. The van der Waals surface area contributed by atoms with Gasteiger partial charge in [0.1, 0.15) is 5.82 Å². The smallest absolute Gasteiger partial charge is 0.296 e. The number of unbranched alkanes of at least 4 members (excludes halogenated alkanes) is 1. The molecule has 0 unspecified atom stereocenters. The molecule has 1 radical (unpaired) electrons. The Bertz CT molecular complexity index is 1680. The zero-order valence-corrected chi connectivity index (χ0v) is 28.8. The molecular formula is C35H40KN4O3. The molecule has 0 aliphatic heterocycles. The van der Waals surface area contributed by atoms with Crippen LogP contribution in [0, 0.1) is 30.1 Å². The summed E-state index contributed by atoms with van der Waals surface area (Å²) < 4.78 is 6.78. The molecule has 8 heteroatoms. The predicted octanol–water partition coefficient (Wildman–Crippen LogP) is 6.33. The van der Waals surface area contributed by atoms with Crippen LogP contribution in [0.5, 0.6) is 0 Å². The number of nitrogens with one attached hydrogen (secondary N) is 1. The molecule has 1 N–H and O–H groups in total. The zero-order valence-electron chi connectivity index (χ0n) is 25.7. The number of nitrogens with zero attached hydrogens (tertiary/aromatic N) is 3. The Hall–Kier alpha value is -2.10. The molecule has 2 aromatic heterocycles. The van der Waals surface area contributed by atoms with E-state index in [0.29, 0.717) is 12.2 Å². The minimum absolute atomic E-state index is 0. The van der Waals surface area contributed by atoms with E-state index in [1.807, 2.05) is 35.8 Å². The maximum atomic E-state index is 14.3. The van der Waals surface area contributed by atoms with Crippen molar-refractivity contribution in [3.05, 3.63) is 92.1 Å². The second-order valence-electron chi connectivity index (χ2n) is 13.4. The van der Waals surface area contributed by atoms with Gasteiger partial charge >= 0.3 is 5.76 Å². The first kappa shape index (κ1) is 30.9. The van der Waals surface area contributed by atoms with Gasteiger partial charge in [0.15, 0.2) is 5.82 Å². The van der Waals surface area contributed by atoms with E-state index in [-0.39, 0.29) is 62.4 Å². The topological polar surface area (TPSA) is 93.8 Å². The molecule has 219 valence electrons. The van der Waals surface area contributed by atoms with Crippen molar-refractivity contribution in [2.45, 2.75) is 84.6 Å². The van der Waals surface area contributed by atoms with E-state index < -0.39 is 5.76 Å². The van der Waals surface area contributed by atoms with Gasteiger partial charge in [-0.15, -0.1) is 0 Å². The van der Waals surface area contributed by atoms with Crippen LogP contribution in [0.4, 0.5) is 0 Å². The first-order valence-electron chi connectivity index (χ1n) is 15.7. The summed E-state index contributed by atoms with van der Waals surface area (Å²) in [6.45, 7) is 5.05. The molecule has 4 fully saturated rings. The van der Waals surface area contributed by atoms with Gasteiger partial charge in [0, 0.05) is 75.5 Å². The fraction of sp³-hybridized carbons (Fsp3) is 0.486. The molecule has 0 saturated heterocycles. The molecule has 8 rings (SSSR count). The summed E-state index contributed by atoms with van der Waals surface area (Å²) in [4.78, 5) is 33.6. The van der Waals surface area contributed by atoms with Crippen LogP contribution in [0.3, 0.4) is 0 Å². The average Bonchev–Trinajstić information content (AvgIpc) is 3.41. The molecule has 7 nitrogen and oxygen atoms in total. The van der Waals surface area contributed by atoms with Crippen molar-refractivity contribution in [3.63, 3.8) is 0 Å². The van der Waals surface area contributed by atoms with Gasteiger partial charge < -0.3 is 0 Å². The Morgan fingerprint density at radius 2 is 1.60 bits per heavy atom. The van der Waals surface area contributed by atoms with Crippen molar-refractivity contribution >= 4 is 51.4 Å². The Labute approximate surface area is 295 Å². The summed E-state index contributed by atoms with van der Waals surface area (Å²) >= 11 is 0. The quantitative estimate of drug-likeness (QED) is 0.226. The van der Waals surface area contributed by atoms with Crippen LogP contribution in [0.15, 0.2) is 62.6 Å². The fourth-order valence-electron chi connectivity index (χ4n) is 8.78. The van der Waals surface area contributed by atoms with Gasteiger partial charge in [0.25, 0.3) is 5.56 Å². The van der Waals surface area contributed by atoms with Gasteiger partial charge in [-0.3, -0.25) is 18.9 Å². The van der Waals surface area contributed by atoms with Gasteiger partial charge in [-0.2, -0.15) is 0 Å². The summed E-state index contributed by atoms with van der Waals surface area (Å²) in [5.41, 5.74) is 6.10. The standard InChI is InChI=1S/C35H40N4O3.K/c1-3-4-9-31-30(33(40)39(22(2)36-31)21-35-18-24-14-25(19-35)16-26(15-24)20-35)17-23-10-12-27(13-11-23)28-7-5-6-8-29(28)32-37-34(41)42-38-32;/h5-8,10-13,24-26H,3-4,9,14-21H2,1-2H3,(H,37,38,41);. The largest absolute Gasteiger partial charge is 0.439 e. The first-order valence-corrected chi connectivity index (χ1v) is 15.7. The van der Waals surface area contributed by atoms with E-state index >= 15 is 0 Å². The van der Waals surface area contributed by atoms with Crippen LogP contribution >= 0.6 is 0 Å². The van der Waals surface area contributed by atoms with E-state index in [1.165, 1.54) is 38.5 Å². The molecule has 2 aromatic carbocycles. The predicted molar refractivity (Wildman–Crippen MR) is 169 cm³/mol. The monoisotopic (exact) mass is 603 g/mol. The Kier molecular flexibility index (Phi) is 9.14. The zero-order chi connectivity index (χ0) is 28.8. The van der Waals surface area contributed by atoms with Crippen LogP contribution in [0.2, 0.25) is 0 Å². The van der Waals surface area contributed by atoms with Crippen molar-refractivity contribution in [3.8, 4) is 22.5 Å². The SMILES string of the molecule is CCCCc1nc(C)n(CC23CC4CC(CC(C4)C2)C3)c(=O)c1Cc1ccc(-c2ccccc2-c2noc(=O)[nH]2)cc1.[K]. The van der Waals surface area contributed by atoms with Crippen molar-refractivity contribution < 1.29 is 4.52 Å². The van der Waals surface area contributed by atoms with Crippen LogP contribution in [0.1, 0.15) is 80.9 Å². The number of rotatable bonds is 9. The second kappa shape index (κ2) is 12.7. The number of H-pyrrole nitrogens is 1. The minimum atomic E-state index is -0.574. The molecule has 43 heavy (non-hydrogen) atoms. The van der Waals surface area contributed by atoms with E-state index in [4.69, 9.17) is 9.51 Å². The Balaban J connectivity index is 0.00000329. The van der Waals surface area contributed by atoms with Crippen molar-refractivity contribution in [2.75, 3.05) is 0 Å². The summed E-state index contributed by atoms with van der Waals surface area (Å²) in [6, 6.07) is 16.2. The molecular weight excluding hydrogens is 564 g/mol. The van der Waals surface area contributed by atoms with Gasteiger partial charge in [0.2, 0.25) is 0 Å². The fourth-order valence-corrected chi connectivity index (χ4v) is 8.78. The second-order valence-corrected chi connectivity index (χ2v) is 13.4. The maximum Gasteiger partial charge on any atom is 0.439 e. The van der Waals surface area contributed by atoms with Crippen molar-refractivity contribution in [1.29, 1.82) is 0 Å². The molecule has 4 aliphatic carbocycles. The van der Waals surface area contributed by atoms with E-state index in [1.54, 1.807) is 0 Å². The summed E-state index contributed by atoms with van der Waals surface area (Å²) in [6.07, 6.45) is 11.6. The molecule has 0 atom stereocenters. The molecule has 4 aliphatic rings. The summed E-state index contributed by atoms with van der Waals surface area (Å²) in [5.74, 6) is 3.29. The van der Waals surface area contributed by atoms with E-state index in [9.17, 15) is 9.59 Å². The number of aryl methyl sites for hydroxylation is 2. The van der Waals surface area contributed by atoms with Crippen LogP contribution in [-0.4, -0.2) is 71.1 Å². The Morgan fingerprint density at radius 1 is 0.953 bits per heavy atom. The average molecular weight is 604 g/mol. The number of aromatic nitrogens is 4. The van der Waals surface area contributed by atoms with Crippen LogP contribution in [-0.2, 0) is 19.4 Å². The first-order chi connectivity index (χ1) is 20.4. The van der Waals surface area contributed by atoms with Crippen LogP contribution in [0.25, 0.3) is 22.5 Å². The van der Waals surface area contributed by atoms with Gasteiger partial charge in [0.05, 0.1) is 5.69 Å². The molecule has 2 heterocycles. The minimum Gasteiger partial charge on any atom is -0.296 e. The van der Waals surface area contributed by atoms with Crippen LogP contribution < -0.4 is 11.3 Å². The van der Waals surface area contributed by atoms with Gasteiger partial charge in [-0.25, -0.2) is 9.78 Å². The molecule has 0 spiro atoms. The normalized spacial score (nSPS) is 23.8.